The standard InChI is InChI=1S/C17H16N2O2/c1-2-20-14-9-13(18)10-15(11-14)21-16-7-3-5-12-6-4-8-19-17(12)16/h3-11H,2,18H2,1H3. The second-order valence-electron chi connectivity index (χ2n) is 4.60. The number of rotatable bonds is 4. The van der Waals surface area contributed by atoms with E-state index < -0.39 is 0 Å². The van der Waals surface area contributed by atoms with Gasteiger partial charge in [0.2, 0.25) is 0 Å². The monoisotopic (exact) mass is 280 g/mol. The van der Waals surface area contributed by atoms with Gasteiger partial charge in [-0.3, -0.25) is 4.98 Å². The molecule has 0 unspecified atom stereocenters. The average molecular weight is 280 g/mol. The number of pyridine rings is 1. The van der Waals surface area contributed by atoms with E-state index in [1.54, 1.807) is 18.3 Å². The van der Waals surface area contributed by atoms with E-state index >= 15 is 0 Å². The topological polar surface area (TPSA) is 57.4 Å². The molecule has 4 nitrogen and oxygen atoms in total. The fourth-order valence-electron chi connectivity index (χ4n) is 2.19. The Balaban J connectivity index is 1.98. The van der Waals surface area contributed by atoms with Crippen molar-refractivity contribution in [3.05, 3.63) is 54.7 Å². The molecular weight excluding hydrogens is 264 g/mol. The molecule has 21 heavy (non-hydrogen) atoms. The van der Waals surface area contributed by atoms with Crippen LogP contribution in [0.25, 0.3) is 10.9 Å². The van der Waals surface area contributed by atoms with E-state index in [0.29, 0.717) is 29.5 Å². The van der Waals surface area contributed by atoms with Crippen LogP contribution in [0.5, 0.6) is 17.2 Å². The Kier molecular flexibility index (Phi) is 3.60. The molecule has 4 heteroatoms. The van der Waals surface area contributed by atoms with Gasteiger partial charge in [0, 0.05) is 35.5 Å². The van der Waals surface area contributed by atoms with Crippen molar-refractivity contribution in [3.63, 3.8) is 0 Å². The number of para-hydroxylation sites is 1. The summed E-state index contributed by atoms with van der Waals surface area (Å²) >= 11 is 0. The Morgan fingerprint density at radius 3 is 2.71 bits per heavy atom. The minimum absolute atomic E-state index is 0.582. The molecule has 0 fully saturated rings. The van der Waals surface area contributed by atoms with Crippen molar-refractivity contribution < 1.29 is 9.47 Å². The molecule has 106 valence electrons. The van der Waals surface area contributed by atoms with Crippen molar-refractivity contribution in [1.82, 2.24) is 4.98 Å². The first-order valence-electron chi connectivity index (χ1n) is 6.81. The highest BCUT2D eigenvalue weighted by molar-refractivity contribution is 5.84. The zero-order valence-corrected chi connectivity index (χ0v) is 11.7. The number of aromatic nitrogens is 1. The van der Waals surface area contributed by atoms with E-state index in [-0.39, 0.29) is 0 Å². The maximum Gasteiger partial charge on any atom is 0.153 e. The molecular formula is C17H16N2O2. The summed E-state index contributed by atoms with van der Waals surface area (Å²) in [5.74, 6) is 2.03. The molecule has 0 aliphatic heterocycles. The third-order valence-corrected chi connectivity index (χ3v) is 3.04. The average Bonchev–Trinajstić information content (AvgIpc) is 2.47. The van der Waals surface area contributed by atoms with Crippen LogP contribution in [0, 0.1) is 0 Å². The van der Waals surface area contributed by atoms with Gasteiger partial charge in [-0.25, -0.2) is 0 Å². The molecule has 0 atom stereocenters. The summed E-state index contributed by atoms with van der Waals surface area (Å²) in [6.45, 7) is 2.51. The summed E-state index contributed by atoms with van der Waals surface area (Å²) in [6.07, 6.45) is 1.75. The quantitative estimate of drug-likeness (QED) is 0.734. The lowest BCUT2D eigenvalue weighted by Crippen LogP contribution is -1.95. The predicted octanol–water partition coefficient (Wildman–Crippen LogP) is 4.01. The molecule has 0 spiro atoms. The summed E-state index contributed by atoms with van der Waals surface area (Å²) in [6, 6.07) is 15.1. The zero-order chi connectivity index (χ0) is 14.7. The number of hydrogen-bond donors (Lipinski definition) is 1. The Morgan fingerprint density at radius 2 is 1.86 bits per heavy atom. The molecule has 0 saturated carbocycles. The fourth-order valence-corrected chi connectivity index (χ4v) is 2.19. The highest BCUT2D eigenvalue weighted by atomic mass is 16.5. The maximum atomic E-state index is 5.94. The van der Waals surface area contributed by atoms with Gasteiger partial charge in [-0.05, 0) is 19.1 Å². The van der Waals surface area contributed by atoms with Crippen molar-refractivity contribution >= 4 is 16.6 Å². The molecule has 2 aromatic carbocycles. The van der Waals surface area contributed by atoms with Crippen molar-refractivity contribution in [2.45, 2.75) is 6.92 Å². The Bertz CT molecular complexity index is 766. The molecule has 1 aromatic heterocycles. The number of nitrogens with zero attached hydrogens (tertiary/aromatic N) is 1. The number of nitrogens with two attached hydrogens (primary N) is 1. The molecule has 0 saturated heterocycles. The SMILES string of the molecule is CCOc1cc(N)cc(Oc2cccc3cccnc23)c1. The molecule has 0 amide bonds. The van der Waals surface area contributed by atoms with Gasteiger partial charge in [-0.15, -0.1) is 0 Å². The summed E-state index contributed by atoms with van der Waals surface area (Å²) in [5, 5.41) is 1.03. The highest BCUT2D eigenvalue weighted by Crippen LogP contribution is 2.31. The molecule has 2 N–H and O–H groups in total. The van der Waals surface area contributed by atoms with Gasteiger partial charge in [0.15, 0.2) is 5.75 Å². The van der Waals surface area contributed by atoms with Gasteiger partial charge >= 0.3 is 0 Å². The minimum atomic E-state index is 0.582. The van der Waals surface area contributed by atoms with Crippen LogP contribution in [0.15, 0.2) is 54.7 Å². The molecule has 0 radical (unpaired) electrons. The lowest BCUT2D eigenvalue weighted by Gasteiger charge is -2.11. The van der Waals surface area contributed by atoms with Gasteiger partial charge in [-0.1, -0.05) is 18.2 Å². The van der Waals surface area contributed by atoms with Gasteiger partial charge in [-0.2, -0.15) is 0 Å². The molecule has 0 aliphatic carbocycles. The van der Waals surface area contributed by atoms with Crippen molar-refractivity contribution in [2.24, 2.45) is 0 Å². The van der Waals surface area contributed by atoms with Crippen LogP contribution in [-0.4, -0.2) is 11.6 Å². The van der Waals surface area contributed by atoms with Crippen molar-refractivity contribution in [2.75, 3.05) is 12.3 Å². The number of hydrogen-bond acceptors (Lipinski definition) is 4. The van der Waals surface area contributed by atoms with E-state index in [1.807, 2.05) is 43.3 Å². The summed E-state index contributed by atoms with van der Waals surface area (Å²) in [4.78, 5) is 4.37. The van der Waals surface area contributed by atoms with Gasteiger partial charge in [0.1, 0.15) is 17.0 Å². The third-order valence-electron chi connectivity index (χ3n) is 3.04. The molecule has 0 aliphatic rings. The first-order chi connectivity index (χ1) is 10.3. The third kappa shape index (κ3) is 2.89. The Morgan fingerprint density at radius 1 is 1.05 bits per heavy atom. The van der Waals surface area contributed by atoms with E-state index in [2.05, 4.69) is 4.98 Å². The number of anilines is 1. The molecule has 1 heterocycles. The lowest BCUT2D eigenvalue weighted by atomic mass is 10.2. The normalized spacial score (nSPS) is 10.5. The van der Waals surface area contributed by atoms with Crippen LogP contribution in [0.3, 0.4) is 0 Å². The zero-order valence-electron chi connectivity index (χ0n) is 11.7. The summed E-state index contributed by atoms with van der Waals surface area (Å²) in [7, 11) is 0. The highest BCUT2D eigenvalue weighted by Gasteiger charge is 2.06. The van der Waals surface area contributed by atoms with E-state index in [9.17, 15) is 0 Å². The molecule has 3 aromatic rings. The van der Waals surface area contributed by atoms with E-state index in [1.165, 1.54) is 0 Å². The first kappa shape index (κ1) is 13.2. The number of ether oxygens (including phenoxy) is 2. The van der Waals surface area contributed by atoms with Crippen molar-refractivity contribution in [1.29, 1.82) is 0 Å². The Hall–Kier alpha value is -2.75. The number of nitrogen functional groups attached to an aromatic ring is 1. The second kappa shape index (κ2) is 5.71. The van der Waals surface area contributed by atoms with Crippen LogP contribution in [0.1, 0.15) is 6.92 Å². The number of fused-ring (bicyclic) bond motifs is 1. The first-order valence-corrected chi connectivity index (χ1v) is 6.81. The minimum Gasteiger partial charge on any atom is -0.494 e. The predicted molar refractivity (Wildman–Crippen MR) is 83.8 cm³/mol. The Labute approximate surface area is 123 Å². The molecule has 3 rings (SSSR count). The largest absolute Gasteiger partial charge is 0.494 e. The smallest absolute Gasteiger partial charge is 0.153 e. The van der Waals surface area contributed by atoms with Crippen LogP contribution in [-0.2, 0) is 0 Å². The summed E-state index contributed by atoms with van der Waals surface area (Å²) in [5.41, 5.74) is 7.30. The van der Waals surface area contributed by atoms with Gasteiger partial charge < -0.3 is 15.2 Å². The van der Waals surface area contributed by atoms with Crippen LogP contribution >= 0.6 is 0 Å². The van der Waals surface area contributed by atoms with E-state index in [0.717, 1.165) is 10.9 Å². The second-order valence-corrected chi connectivity index (χ2v) is 4.60. The van der Waals surface area contributed by atoms with E-state index in [4.69, 9.17) is 15.2 Å². The van der Waals surface area contributed by atoms with Crippen LogP contribution in [0.2, 0.25) is 0 Å². The van der Waals surface area contributed by atoms with Crippen LogP contribution < -0.4 is 15.2 Å². The maximum absolute atomic E-state index is 5.94. The number of benzene rings is 2. The molecule has 0 bridgehead atoms. The van der Waals surface area contributed by atoms with Crippen LogP contribution in [0.4, 0.5) is 5.69 Å². The fraction of sp³-hybridized carbons (Fsp3) is 0.118. The van der Waals surface area contributed by atoms with Gasteiger partial charge in [0.25, 0.3) is 0 Å². The van der Waals surface area contributed by atoms with Crippen molar-refractivity contribution in [3.8, 4) is 17.2 Å². The van der Waals surface area contributed by atoms with Gasteiger partial charge in [0.05, 0.1) is 6.61 Å². The lowest BCUT2D eigenvalue weighted by molar-refractivity contribution is 0.338. The summed E-state index contributed by atoms with van der Waals surface area (Å²) < 4.78 is 11.4.